The van der Waals surface area contributed by atoms with Crippen LogP contribution in [-0.2, 0) is 11.3 Å². The maximum absolute atomic E-state index is 13.1. The Balaban J connectivity index is 1.47. The summed E-state index contributed by atoms with van der Waals surface area (Å²) >= 11 is 7.46. The quantitative estimate of drug-likeness (QED) is 0.471. The molecule has 31 heavy (non-hydrogen) atoms. The summed E-state index contributed by atoms with van der Waals surface area (Å²) < 4.78 is 7.17. The Bertz CT molecular complexity index is 1180. The number of fused-ring (bicyclic) bond motifs is 1. The molecule has 0 bridgehead atoms. The monoisotopic (exact) mass is 451 g/mol. The first kappa shape index (κ1) is 19.7. The van der Waals surface area contributed by atoms with Crippen LogP contribution in [0.3, 0.4) is 0 Å². The lowest BCUT2D eigenvalue weighted by Crippen LogP contribution is -2.43. The number of aromatic nitrogens is 3. The van der Waals surface area contributed by atoms with E-state index in [0.717, 1.165) is 11.1 Å². The van der Waals surface area contributed by atoms with Gasteiger partial charge in [0.25, 0.3) is 0 Å². The molecule has 2 aromatic carbocycles. The van der Waals surface area contributed by atoms with E-state index >= 15 is 0 Å². The molecule has 9 heteroatoms. The van der Waals surface area contributed by atoms with Gasteiger partial charge in [-0.05, 0) is 29.8 Å². The summed E-state index contributed by atoms with van der Waals surface area (Å²) in [4.78, 5) is 13.1. The average Bonchev–Trinajstić information content (AvgIpc) is 3.47. The molecule has 1 aliphatic rings. The van der Waals surface area contributed by atoms with E-state index in [9.17, 15) is 4.79 Å². The second-order valence-electron chi connectivity index (χ2n) is 7.00. The van der Waals surface area contributed by atoms with Crippen LogP contribution in [0.15, 0.2) is 82.6 Å². The highest BCUT2D eigenvalue weighted by Gasteiger charge is 2.38. The molecule has 0 fully saturated rings. The fourth-order valence-electron chi connectivity index (χ4n) is 3.44. The van der Waals surface area contributed by atoms with Crippen LogP contribution in [-0.4, -0.2) is 26.0 Å². The van der Waals surface area contributed by atoms with Crippen molar-refractivity contribution in [3.05, 3.63) is 89.3 Å². The van der Waals surface area contributed by atoms with Crippen molar-refractivity contribution in [1.82, 2.24) is 20.2 Å². The zero-order valence-corrected chi connectivity index (χ0v) is 17.8. The molecule has 7 nitrogen and oxygen atoms in total. The van der Waals surface area contributed by atoms with Crippen molar-refractivity contribution in [2.24, 2.45) is 0 Å². The third-order valence-corrected chi connectivity index (χ3v) is 6.44. The van der Waals surface area contributed by atoms with Gasteiger partial charge in [-0.1, -0.05) is 65.8 Å². The fraction of sp³-hybridized carbons (Fsp3) is 0.136. The molecule has 156 valence electrons. The van der Waals surface area contributed by atoms with Crippen LogP contribution in [0.5, 0.6) is 0 Å². The first-order valence-corrected chi connectivity index (χ1v) is 10.9. The van der Waals surface area contributed by atoms with Gasteiger partial charge >= 0.3 is 0 Å². The number of carbonyl (C=O) groups is 1. The Kier molecular flexibility index (Phi) is 5.40. The Morgan fingerprint density at radius 1 is 1.10 bits per heavy atom. The highest BCUT2D eigenvalue weighted by molar-refractivity contribution is 8.00. The lowest BCUT2D eigenvalue weighted by atomic mass is 10.0. The second kappa shape index (κ2) is 8.49. The van der Waals surface area contributed by atoms with Crippen LogP contribution in [0.25, 0.3) is 11.4 Å². The highest BCUT2D eigenvalue weighted by atomic mass is 35.5. The molecule has 2 atom stereocenters. The van der Waals surface area contributed by atoms with Crippen LogP contribution in [0.1, 0.15) is 17.4 Å². The minimum atomic E-state index is -0.462. The predicted molar refractivity (Wildman–Crippen MR) is 119 cm³/mol. The molecule has 2 N–H and O–H groups in total. The number of furan rings is 1. The maximum Gasteiger partial charge on any atom is 0.236 e. The van der Waals surface area contributed by atoms with Gasteiger partial charge < -0.3 is 15.2 Å². The zero-order chi connectivity index (χ0) is 21.2. The van der Waals surface area contributed by atoms with E-state index < -0.39 is 5.25 Å². The predicted octanol–water partition coefficient (Wildman–Crippen LogP) is 4.27. The molecular weight excluding hydrogens is 434 g/mol. The number of rotatable bonds is 5. The lowest BCUT2D eigenvalue weighted by Gasteiger charge is -2.33. The minimum absolute atomic E-state index is 0.121. The first-order valence-electron chi connectivity index (χ1n) is 9.68. The molecule has 0 saturated heterocycles. The van der Waals surface area contributed by atoms with Crippen LogP contribution >= 0.6 is 23.4 Å². The van der Waals surface area contributed by atoms with Gasteiger partial charge in [0.2, 0.25) is 11.1 Å². The standard InChI is InChI=1S/C22H18ClN5O2S/c23-16-10-8-14(9-11-16)18-19(21(29)24-13-17-7-4-12-30-17)31-22-26-25-20(28(22)27-18)15-5-2-1-3-6-15/h1-12,18-19,27H,13H2,(H,24,29)/t18-,19+/m1/s1. The van der Waals surface area contributed by atoms with E-state index in [2.05, 4.69) is 20.9 Å². The number of nitrogens with zero attached hydrogens (tertiary/aromatic N) is 3. The van der Waals surface area contributed by atoms with Crippen molar-refractivity contribution < 1.29 is 9.21 Å². The molecular formula is C22H18ClN5O2S. The third-order valence-electron chi connectivity index (χ3n) is 4.97. The van der Waals surface area contributed by atoms with Gasteiger partial charge in [0.05, 0.1) is 18.8 Å². The Hall–Kier alpha value is -3.23. The first-order chi connectivity index (χ1) is 15.2. The summed E-state index contributed by atoms with van der Waals surface area (Å²) in [5, 5.41) is 12.4. The Morgan fingerprint density at radius 2 is 1.90 bits per heavy atom. The van der Waals surface area contributed by atoms with Crippen molar-refractivity contribution in [2.45, 2.75) is 23.0 Å². The van der Waals surface area contributed by atoms with Gasteiger partial charge in [0.15, 0.2) is 5.82 Å². The van der Waals surface area contributed by atoms with E-state index in [1.807, 2.05) is 65.3 Å². The normalized spacial score (nSPS) is 17.6. The van der Waals surface area contributed by atoms with Crippen LogP contribution < -0.4 is 10.7 Å². The largest absolute Gasteiger partial charge is 0.467 e. The van der Waals surface area contributed by atoms with E-state index in [-0.39, 0.29) is 11.9 Å². The number of hydrogen-bond acceptors (Lipinski definition) is 6. The van der Waals surface area contributed by atoms with Gasteiger partial charge in [-0.25, -0.2) is 4.68 Å². The molecule has 5 rings (SSSR count). The second-order valence-corrected chi connectivity index (χ2v) is 8.55. The maximum atomic E-state index is 13.1. The number of amides is 1. The van der Waals surface area contributed by atoms with Gasteiger partial charge in [-0.3, -0.25) is 4.79 Å². The number of hydrogen-bond donors (Lipinski definition) is 2. The molecule has 0 unspecified atom stereocenters. The molecule has 4 aromatic rings. The molecule has 1 aliphatic heterocycles. The van der Waals surface area contributed by atoms with E-state index in [4.69, 9.17) is 16.0 Å². The summed E-state index contributed by atoms with van der Waals surface area (Å²) in [5.41, 5.74) is 5.32. The van der Waals surface area contributed by atoms with Crippen molar-refractivity contribution in [1.29, 1.82) is 0 Å². The number of nitrogens with one attached hydrogen (secondary N) is 2. The lowest BCUT2D eigenvalue weighted by molar-refractivity contribution is -0.121. The molecule has 0 radical (unpaired) electrons. The highest BCUT2D eigenvalue weighted by Crippen LogP contribution is 2.38. The number of thioether (sulfide) groups is 1. The molecule has 2 aromatic heterocycles. The number of benzene rings is 2. The Morgan fingerprint density at radius 3 is 2.65 bits per heavy atom. The molecule has 0 spiro atoms. The topological polar surface area (TPSA) is 85.0 Å². The average molecular weight is 452 g/mol. The van der Waals surface area contributed by atoms with Crippen LogP contribution in [0.2, 0.25) is 5.02 Å². The van der Waals surface area contributed by atoms with E-state index in [1.165, 1.54) is 11.8 Å². The summed E-state index contributed by atoms with van der Waals surface area (Å²) in [6.45, 7) is 0.318. The van der Waals surface area contributed by atoms with Gasteiger partial charge in [0.1, 0.15) is 11.0 Å². The van der Waals surface area contributed by atoms with Gasteiger partial charge in [-0.2, -0.15) is 0 Å². The van der Waals surface area contributed by atoms with E-state index in [1.54, 1.807) is 12.3 Å². The zero-order valence-electron chi connectivity index (χ0n) is 16.2. The molecule has 3 heterocycles. The van der Waals surface area contributed by atoms with Gasteiger partial charge in [-0.15, -0.1) is 10.2 Å². The van der Waals surface area contributed by atoms with Crippen molar-refractivity contribution in [2.75, 3.05) is 5.43 Å². The van der Waals surface area contributed by atoms with E-state index in [0.29, 0.717) is 28.3 Å². The number of carbonyl (C=O) groups excluding carboxylic acids is 1. The molecule has 0 saturated carbocycles. The molecule has 1 amide bonds. The molecule has 0 aliphatic carbocycles. The van der Waals surface area contributed by atoms with Crippen LogP contribution in [0.4, 0.5) is 0 Å². The van der Waals surface area contributed by atoms with Crippen molar-refractivity contribution in [3.63, 3.8) is 0 Å². The van der Waals surface area contributed by atoms with Gasteiger partial charge in [0, 0.05) is 10.6 Å². The summed E-state index contributed by atoms with van der Waals surface area (Å²) in [7, 11) is 0. The third kappa shape index (κ3) is 4.04. The van der Waals surface area contributed by atoms with Crippen LogP contribution in [0, 0.1) is 0 Å². The van der Waals surface area contributed by atoms with Crippen molar-refractivity contribution >= 4 is 29.3 Å². The smallest absolute Gasteiger partial charge is 0.236 e. The SMILES string of the molecule is O=C(NCc1ccco1)[C@H]1Sc2nnc(-c3ccccc3)n2N[C@@H]1c1ccc(Cl)cc1. The fourth-order valence-corrected chi connectivity index (χ4v) is 4.67. The number of halogens is 1. The van der Waals surface area contributed by atoms with Crippen molar-refractivity contribution in [3.8, 4) is 11.4 Å². The minimum Gasteiger partial charge on any atom is -0.467 e. The Labute approximate surface area is 187 Å². The summed E-state index contributed by atoms with van der Waals surface area (Å²) in [5.74, 6) is 1.26. The summed E-state index contributed by atoms with van der Waals surface area (Å²) in [6.07, 6.45) is 1.59. The summed E-state index contributed by atoms with van der Waals surface area (Å²) in [6, 6.07) is 20.6.